The molecule has 0 aromatic heterocycles. The summed E-state index contributed by atoms with van der Waals surface area (Å²) < 4.78 is 19.8. The average Bonchev–Trinajstić information content (AvgIpc) is 3.21. The van der Waals surface area contributed by atoms with Gasteiger partial charge in [-0.05, 0) is 122 Å². The highest BCUT2D eigenvalue weighted by Crippen LogP contribution is 2.78. The van der Waals surface area contributed by atoms with Gasteiger partial charge in [-0.1, -0.05) is 88.9 Å². The Morgan fingerprint density at radius 2 is 1.56 bits per heavy atom. The molecule has 0 bridgehead atoms. The highest BCUT2D eigenvalue weighted by Gasteiger charge is 2.73. The lowest BCUT2D eigenvalue weighted by atomic mass is 9.31. The summed E-state index contributed by atoms with van der Waals surface area (Å²) in [6.45, 7) is 9.32. The Morgan fingerprint density at radius 3 is 2.25 bits per heavy atom. The first-order valence-electron chi connectivity index (χ1n) is 22.2. The summed E-state index contributed by atoms with van der Waals surface area (Å²) >= 11 is 0. The van der Waals surface area contributed by atoms with Crippen LogP contribution < -0.4 is 0 Å². The van der Waals surface area contributed by atoms with Crippen molar-refractivity contribution in [1.29, 1.82) is 0 Å². The van der Waals surface area contributed by atoms with Crippen LogP contribution in [0.25, 0.3) is 0 Å². The highest BCUT2D eigenvalue weighted by molar-refractivity contribution is 5.76. The third-order valence-corrected chi connectivity index (χ3v) is 18.4. The average molecular weight is 795 g/mol. The van der Waals surface area contributed by atoms with Crippen molar-refractivity contribution in [2.45, 2.75) is 161 Å². The SMILES string of the molecule is C[C@]1(CO)CC[C@]2(C(=O)O)CC[C@]3(C)C(=CC[C@@H]4[C@@]5(C6CCCCC6)C[C@@H](OCc6ccccc6)[C@@H](O[C@@H]6OC[C@@H](O)[C@H](O)[C@H]6O)[C@@](C)(CO)[C@H]5CC[C@]43C)[C@@H]2C1. The number of hydrogen-bond donors (Lipinski definition) is 6. The summed E-state index contributed by atoms with van der Waals surface area (Å²) in [6.07, 6.45) is 8.59. The molecule has 10 nitrogen and oxygen atoms in total. The maximum absolute atomic E-state index is 13.3. The summed E-state index contributed by atoms with van der Waals surface area (Å²) in [7, 11) is 0. The fourth-order valence-electron chi connectivity index (χ4n) is 14.9. The van der Waals surface area contributed by atoms with Gasteiger partial charge in [0.2, 0.25) is 0 Å². The van der Waals surface area contributed by atoms with Crippen LogP contribution in [-0.4, -0.2) is 93.2 Å². The topological polar surface area (TPSA) is 166 Å². The Kier molecular flexibility index (Phi) is 11.2. The van der Waals surface area contributed by atoms with E-state index in [1.54, 1.807) is 0 Å². The van der Waals surface area contributed by atoms with Gasteiger partial charge in [0.05, 0.1) is 37.4 Å². The van der Waals surface area contributed by atoms with Gasteiger partial charge in [-0.2, -0.15) is 0 Å². The molecule has 15 atom stereocenters. The first kappa shape index (κ1) is 41.8. The van der Waals surface area contributed by atoms with Crippen molar-refractivity contribution in [3.63, 3.8) is 0 Å². The maximum atomic E-state index is 13.3. The van der Waals surface area contributed by atoms with Gasteiger partial charge < -0.3 is 44.8 Å². The van der Waals surface area contributed by atoms with Crippen LogP contribution in [0, 0.1) is 56.2 Å². The van der Waals surface area contributed by atoms with E-state index in [1.165, 1.54) is 12.0 Å². The molecule has 57 heavy (non-hydrogen) atoms. The molecule has 7 aliphatic rings. The van der Waals surface area contributed by atoms with Crippen LogP contribution in [0.4, 0.5) is 0 Å². The predicted octanol–water partition coefficient (Wildman–Crippen LogP) is 6.40. The molecule has 1 heterocycles. The Bertz CT molecular complexity index is 1650. The van der Waals surface area contributed by atoms with Crippen molar-refractivity contribution in [2.24, 2.45) is 56.2 Å². The lowest BCUT2D eigenvalue weighted by molar-refractivity contribution is -0.339. The van der Waals surface area contributed by atoms with E-state index in [2.05, 4.69) is 45.9 Å². The monoisotopic (exact) mass is 794 g/mol. The van der Waals surface area contributed by atoms with E-state index in [-0.39, 0.29) is 59.2 Å². The van der Waals surface area contributed by atoms with Gasteiger partial charge >= 0.3 is 5.97 Å². The lowest BCUT2D eigenvalue weighted by Gasteiger charge is -2.74. The minimum Gasteiger partial charge on any atom is -0.481 e. The van der Waals surface area contributed by atoms with Crippen LogP contribution in [0.3, 0.4) is 0 Å². The van der Waals surface area contributed by atoms with Gasteiger partial charge in [-0.3, -0.25) is 4.79 Å². The third kappa shape index (κ3) is 6.35. The van der Waals surface area contributed by atoms with Crippen molar-refractivity contribution >= 4 is 5.97 Å². The van der Waals surface area contributed by atoms with Gasteiger partial charge in [-0.15, -0.1) is 0 Å². The van der Waals surface area contributed by atoms with Gasteiger partial charge in [0.15, 0.2) is 6.29 Å². The van der Waals surface area contributed by atoms with Crippen molar-refractivity contribution in [3.8, 4) is 0 Å². The quantitative estimate of drug-likeness (QED) is 0.122. The number of ether oxygens (including phenoxy) is 3. The number of aliphatic hydroxyl groups is 5. The molecular formula is C47H70O10. The highest BCUT2D eigenvalue weighted by atomic mass is 16.7. The van der Waals surface area contributed by atoms with E-state index >= 15 is 0 Å². The van der Waals surface area contributed by atoms with E-state index in [4.69, 9.17) is 14.2 Å². The fraction of sp³-hybridized carbons (Fsp3) is 0.809. The molecule has 8 rings (SSSR count). The standard InChI is InChI=1S/C47H70O10/c1-42(27-48)19-21-46(41(53)54)22-20-44(3)31(32(46)23-42)15-16-36-45(44,4)18-17-35-43(2,28-49)39(57-40-38(52)37(51)33(50)26-56-40)34(55-25-29-11-7-5-8-12-29)24-47(35,36)30-13-9-6-10-14-30/h5,7-8,11-12,15,30,32-40,48-52H,6,9-10,13-14,16-28H2,1-4H3,(H,53,54)/t32-,33+,34+,35+,36-,37-,38+,39+,40-,42-,43-,44+,45+,46-,47+/m0/s1. The van der Waals surface area contributed by atoms with E-state index in [0.717, 1.165) is 63.4 Å². The number of carboxylic acids is 1. The van der Waals surface area contributed by atoms with E-state index in [9.17, 15) is 35.4 Å². The molecule has 6 fully saturated rings. The van der Waals surface area contributed by atoms with Crippen molar-refractivity contribution in [3.05, 3.63) is 47.5 Å². The first-order valence-corrected chi connectivity index (χ1v) is 22.2. The number of fused-ring (bicyclic) bond motifs is 7. The van der Waals surface area contributed by atoms with E-state index in [1.807, 2.05) is 18.2 Å². The van der Waals surface area contributed by atoms with Gasteiger partial charge in [0.25, 0.3) is 0 Å². The summed E-state index contributed by atoms with van der Waals surface area (Å²) in [4.78, 5) is 13.3. The fourth-order valence-corrected chi connectivity index (χ4v) is 14.9. The van der Waals surface area contributed by atoms with Crippen LogP contribution in [-0.2, 0) is 25.6 Å². The number of benzene rings is 1. The third-order valence-electron chi connectivity index (χ3n) is 18.4. The maximum Gasteiger partial charge on any atom is 0.310 e. The van der Waals surface area contributed by atoms with Crippen LogP contribution in [0.5, 0.6) is 0 Å². The second-order valence-electron chi connectivity index (χ2n) is 20.9. The number of carboxylic acid groups (broad SMARTS) is 1. The van der Waals surface area contributed by atoms with Crippen LogP contribution in [0.2, 0.25) is 0 Å². The molecule has 6 aliphatic carbocycles. The second kappa shape index (κ2) is 15.2. The smallest absolute Gasteiger partial charge is 0.310 e. The second-order valence-corrected chi connectivity index (χ2v) is 20.9. The van der Waals surface area contributed by atoms with Gasteiger partial charge in [0.1, 0.15) is 18.3 Å². The molecule has 1 aromatic rings. The van der Waals surface area contributed by atoms with Crippen molar-refractivity contribution < 1.29 is 49.6 Å². The summed E-state index contributed by atoms with van der Waals surface area (Å²) in [5.41, 5.74) is -0.194. The van der Waals surface area contributed by atoms with E-state index < -0.39 is 53.6 Å². The van der Waals surface area contributed by atoms with Crippen molar-refractivity contribution in [1.82, 2.24) is 0 Å². The largest absolute Gasteiger partial charge is 0.481 e. The number of carbonyl (C=O) groups is 1. The minimum absolute atomic E-state index is 0.0570. The Labute approximate surface area is 339 Å². The zero-order valence-corrected chi connectivity index (χ0v) is 34.8. The molecule has 5 saturated carbocycles. The predicted molar refractivity (Wildman–Crippen MR) is 213 cm³/mol. The molecule has 0 unspecified atom stereocenters. The zero-order valence-electron chi connectivity index (χ0n) is 34.8. The number of rotatable bonds is 9. The summed E-state index contributed by atoms with van der Waals surface area (Å²) in [5.74, 6) is -0.105. The summed E-state index contributed by atoms with van der Waals surface area (Å²) in [6, 6.07) is 10.1. The molecule has 0 radical (unpaired) electrons. The Balaban J connectivity index is 1.25. The van der Waals surface area contributed by atoms with Crippen LogP contribution >= 0.6 is 0 Å². The molecule has 318 valence electrons. The molecule has 10 heteroatoms. The molecule has 0 amide bonds. The first-order chi connectivity index (χ1) is 27.1. The molecule has 6 N–H and O–H groups in total. The molecular weight excluding hydrogens is 725 g/mol. The van der Waals surface area contributed by atoms with Gasteiger partial charge in [-0.25, -0.2) is 0 Å². The minimum atomic E-state index is -1.47. The molecule has 1 aromatic carbocycles. The lowest BCUT2D eigenvalue weighted by Crippen LogP contribution is -2.71. The number of allylic oxidation sites excluding steroid dienone is 2. The van der Waals surface area contributed by atoms with Crippen LogP contribution in [0.1, 0.15) is 123 Å². The van der Waals surface area contributed by atoms with E-state index in [0.29, 0.717) is 38.2 Å². The molecule has 1 aliphatic heterocycles. The van der Waals surface area contributed by atoms with Crippen molar-refractivity contribution in [2.75, 3.05) is 19.8 Å². The molecule has 0 spiro atoms. The Hall–Kier alpha value is -1.89. The number of aliphatic hydroxyl groups excluding tert-OH is 5. The zero-order chi connectivity index (χ0) is 40.6. The summed E-state index contributed by atoms with van der Waals surface area (Å²) in [5, 5.41) is 65.5. The normalized spacial score (nSPS) is 48.8. The molecule has 1 saturated heterocycles. The number of aliphatic carboxylic acids is 1. The Morgan fingerprint density at radius 1 is 0.842 bits per heavy atom. The van der Waals surface area contributed by atoms with Crippen LogP contribution in [0.15, 0.2) is 42.0 Å². The number of hydrogen-bond acceptors (Lipinski definition) is 9. The van der Waals surface area contributed by atoms with Gasteiger partial charge in [0, 0.05) is 12.0 Å².